The number of carboxylic acids is 1. The van der Waals surface area contributed by atoms with Crippen molar-refractivity contribution in [3.8, 4) is 22.5 Å². The number of hydrogen-bond acceptors (Lipinski definition) is 4. The number of amides is 1. The van der Waals surface area contributed by atoms with Gasteiger partial charge in [0.05, 0.1) is 6.07 Å². The Hall–Kier alpha value is -4.13. The van der Waals surface area contributed by atoms with Gasteiger partial charge in [-0.2, -0.15) is 0 Å². The molecule has 0 aromatic heterocycles. The van der Waals surface area contributed by atoms with Gasteiger partial charge in [0.2, 0.25) is 5.36 Å². The van der Waals surface area contributed by atoms with E-state index in [1.807, 2.05) is 44.4 Å². The number of aliphatic carboxylic acids is 1. The Morgan fingerprint density at radius 1 is 1.03 bits per heavy atom. The number of carbonyl (C=O) groups excluding carboxylic acids is 1. The Morgan fingerprint density at radius 3 is 2.45 bits per heavy atom. The zero-order chi connectivity index (χ0) is 27.6. The normalized spacial score (nSPS) is 11.1. The Balaban J connectivity index is 2.01. The van der Waals surface area contributed by atoms with E-state index in [4.69, 9.17) is 9.52 Å². The van der Waals surface area contributed by atoms with Gasteiger partial charge in [0.1, 0.15) is 25.4 Å². The summed E-state index contributed by atoms with van der Waals surface area (Å²) in [5.41, 5.74) is 7.22. The number of nitrogens with zero attached hydrogens (tertiary/aromatic N) is 2. The van der Waals surface area contributed by atoms with E-state index in [2.05, 4.69) is 48.9 Å². The largest absolute Gasteiger partial charge is 0.481 e. The van der Waals surface area contributed by atoms with Gasteiger partial charge in [-0.05, 0) is 56.5 Å². The summed E-state index contributed by atoms with van der Waals surface area (Å²) in [4.78, 5) is 26.2. The van der Waals surface area contributed by atoms with Crippen LogP contribution in [-0.4, -0.2) is 56.1 Å². The molecule has 2 aromatic rings. The van der Waals surface area contributed by atoms with Gasteiger partial charge in [0.15, 0.2) is 0 Å². The topological polar surface area (TPSA) is 85.8 Å². The molecule has 0 fully saturated rings. The summed E-state index contributed by atoms with van der Waals surface area (Å²) in [5, 5.41) is 14.4. The number of benzene rings is 3. The van der Waals surface area contributed by atoms with Crippen LogP contribution in [0.5, 0.6) is 0 Å². The predicted octanol–water partition coefficient (Wildman–Crippen LogP) is 5.22. The number of rotatable bonds is 8. The minimum atomic E-state index is -0.864. The summed E-state index contributed by atoms with van der Waals surface area (Å²) < 4.78 is 8.57. The van der Waals surface area contributed by atoms with Gasteiger partial charge in [0, 0.05) is 66.0 Å². The van der Waals surface area contributed by atoms with Crippen LogP contribution in [0.25, 0.3) is 33.4 Å². The number of nitrogens with one attached hydrogen (secondary N) is 1. The molecule has 1 aliphatic heterocycles. The molecular weight excluding hydrogens is 478 g/mol. The fourth-order valence-corrected chi connectivity index (χ4v) is 5.00. The number of carboxylic acid groups (broad SMARTS) is 1. The third-order valence-corrected chi connectivity index (χ3v) is 6.89. The third-order valence-electron chi connectivity index (χ3n) is 6.89. The lowest BCUT2D eigenvalue weighted by molar-refractivity contribution is -0.137. The van der Waals surface area contributed by atoms with Crippen molar-refractivity contribution in [1.29, 1.82) is 0 Å². The van der Waals surface area contributed by atoms with Crippen LogP contribution in [0.4, 0.5) is 5.69 Å². The second-order valence-electron chi connectivity index (χ2n) is 9.97. The lowest BCUT2D eigenvalue weighted by Gasteiger charge is -2.22. The first-order valence-electron chi connectivity index (χ1n) is 12.9. The van der Waals surface area contributed by atoms with Crippen molar-refractivity contribution in [2.45, 2.75) is 33.6 Å². The standard InChI is InChI=1S/C31H35N3O4/c1-7-32-25-17-27-23(15-19(25)2)30(24-16-20(3)26(33(4)5)18-28(24)38-27)21-11-8-9-12-22(21)31(37)34(6)14-10-13-29(35)36/h8-9,11-12,15-18H,7,10,13-14H2,1-6H3,(H,35,36)/p+1. The van der Waals surface area contributed by atoms with E-state index >= 15 is 0 Å². The van der Waals surface area contributed by atoms with E-state index in [0.29, 0.717) is 18.5 Å². The van der Waals surface area contributed by atoms with Gasteiger partial charge < -0.3 is 19.7 Å². The summed E-state index contributed by atoms with van der Waals surface area (Å²) in [5.74, 6) is -0.266. The number of hydrogen-bond donors (Lipinski definition) is 2. The fraction of sp³-hybridized carbons (Fsp3) is 0.323. The second kappa shape index (κ2) is 11.1. The minimum absolute atomic E-state index is 0.0234. The molecule has 0 saturated carbocycles. The van der Waals surface area contributed by atoms with Gasteiger partial charge in [0.25, 0.3) is 5.91 Å². The van der Waals surface area contributed by atoms with E-state index in [0.717, 1.165) is 62.1 Å². The van der Waals surface area contributed by atoms with Crippen LogP contribution in [-0.2, 0) is 4.79 Å². The molecular formula is C31H36N3O4+. The highest BCUT2D eigenvalue weighted by Crippen LogP contribution is 2.43. The minimum Gasteiger partial charge on any atom is -0.481 e. The SMILES string of the molecule is CCNc1cc2oc3cc(=[N+](C)C)c(C)cc-3c(-c3ccccc3C(=O)N(C)CCCC(=O)O)c2cc1C. The zero-order valence-electron chi connectivity index (χ0n) is 23.0. The average molecular weight is 515 g/mol. The van der Waals surface area contributed by atoms with Crippen molar-refractivity contribution in [3.05, 3.63) is 70.6 Å². The number of carbonyl (C=O) groups is 2. The van der Waals surface area contributed by atoms with Crippen molar-refractivity contribution < 1.29 is 19.1 Å². The van der Waals surface area contributed by atoms with E-state index in [1.54, 1.807) is 11.9 Å². The van der Waals surface area contributed by atoms with Crippen LogP contribution in [0.15, 0.2) is 52.9 Å². The van der Waals surface area contributed by atoms with Gasteiger partial charge in [-0.15, -0.1) is 0 Å². The average Bonchev–Trinajstić information content (AvgIpc) is 2.87. The molecule has 0 radical (unpaired) electrons. The van der Waals surface area contributed by atoms with Crippen LogP contribution in [0.3, 0.4) is 0 Å². The van der Waals surface area contributed by atoms with Crippen molar-refractivity contribution >= 4 is 28.5 Å². The van der Waals surface area contributed by atoms with Crippen LogP contribution < -0.4 is 15.2 Å². The maximum atomic E-state index is 13.6. The molecule has 0 unspecified atom stereocenters. The molecule has 1 aliphatic carbocycles. The quantitative estimate of drug-likeness (QED) is 0.249. The van der Waals surface area contributed by atoms with Gasteiger partial charge in [-0.1, -0.05) is 18.2 Å². The summed E-state index contributed by atoms with van der Waals surface area (Å²) in [6.45, 7) is 7.37. The fourth-order valence-electron chi connectivity index (χ4n) is 5.00. The first kappa shape index (κ1) is 26.9. The summed E-state index contributed by atoms with van der Waals surface area (Å²) >= 11 is 0. The predicted molar refractivity (Wildman–Crippen MR) is 153 cm³/mol. The van der Waals surface area contributed by atoms with Gasteiger partial charge in [-0.25, -0.2) is 4.58 Å². The molecule has 38 heavy (non-hydrogen) atoms. The monoisotopic (exact) mass is 514 g/mol. The highest BCUT2D eigenvalue weighted by atomic mass is 16.4. The lowest BCUT2D eigenvalue weighted by Crippen LogP contribution is -2.28. The third kappa shape index (κ3) is 5.28. The van der Waals surface area contributed by atoms with Crippen LogP contribution in [0.1, 0.15) is 41.3 Å². The molecule has 0 spiro atoms. The molecule has 0 saturated heterocycles. The van der Waals surface area contributed by atoms with E-state index in [9.17, 15) is 9.59 Å². The lowest BCUT2D eigenvalue weighted by atomic mass is 9.89. The Morgan fingerprint density at radius 2 is 1.76 bits per heavy atom. The summed E-state index contributed by atoms with van der Waals surface area (Å²) in [6, 6.07) is 16.0. The maximum Gasteiger partial charge on any atom is 0.303 e. The number of aryl methyl sites for hydroxylation is 2. The Labute approximate surface area is 223 Å². The molecule has 7 heteroatoms. The van der Waals surface area contributed by atoms with Gasteiger partial charge >= 0.3 is 5.97 Å². The second-order valence-corrected chi connectivity index (χ2v) is 9.97. The number of fused-ring (bicyclic) bond motifs is 2. The van der Waals surface area contributed by atoms with Crippen LogP contribution in [0, 0.1) is 13.8 Å². The van der Waals surface area contributed by atoms with E-state index in [-0.39, 0.29) is 12.3 Å². The van der Waals surface area contributed by atoms with Crippen molar-refractivity contribution in [3.63, 3.8) is 0 Å². The molecule has 198 valence electrons. The molecule has 0 atom stereocenters. The molecule has 2 aliphatic rings. The Bertz CT molecular complexity index is 1560. The highest BCUT2D eigenvalue weighted by molar-refractivity contribution is 6.09. The van der Waals surface area contributed by atoms with Gasteiger partial charge in [-0.3, -0.25) is 9.59 Å². The number of anilines is 1. The zero-order valence-corrected chi connectivity index (χ0v) is 23.0. The molecule has 2 aromatic carbocycles. The van der Waals surface area contributed by atoms with Crippen molar-refractivity contribution in [2.75, 3.05) is 39.5 Å². The maximum absolute atomic E-state index is 13.6. The highest BCUT2D eigenvalue weighted by Gasteiger charge is 2.24. The first-order valence-corrected chi connectivity index (χ1v) is 12.9. The molecule has 7 nitrogen and oxygen atoms in total. The molecule has 1 heterocycles. The molecule has 1 amide bonds. The van der Waals surface area contributed by atoms with E-state index in [1.165, 1.54) is 0 Å². The summed E-state index contributed by atoms with van der Waals surface area (Å²) in [7, 11) is 5.74. The molecule has 4 rings (SSSR count). The van der Waals surface area contributed by atoms with Crippen molar-refractivity contribution in [1.82, 2.24) is 9.48 Å². The first-order chi connectivity index (χ1) is 18.1. The molecule has 0 bridgehead atoms. The van der Waals surface area contributed by atoms with Crippen LogP contribution in [0.2, 0.25) is 0 Å². The Kier molecular flexibility index (Phi) is 7.86. The summed E-state index contributed by atoms with van der Waals surface area (Å²) in [6.07, 6.45) is 0.421. The smallest absolute Gasteiger partial charge is 0.303 e. The van der Waals surface area contributed by atoms with E-state index < -0.39 is 5.97 Å². The van der Waals surface area contributed by atoms with Crippen molar-refractivity contribution in [2.24, 2.45) is 0 Å². The molecule has 2 N–H and O–H groups in total. The van der Waals surface area contributed by atoms with Crippen LogP contribution >= 0.6 is 0 Å².